The molecule has 0 amide bonds. The number of hydrogen-bond acceptors (Lipinski definition) is 4. The first-order chi connectivity index (χ1) is 14.1. The Morgan fingerprint density at radius 2 is 1.70 bits per heavy atom. The number of benzene rings is 2. The maximum atomic E-state index is 13.1. The van der Waals surface area contributed by atoms with Crippen molar-refractivity contribution in [1.82, 2.24) is 4.90 Å². The predicted molar refractivity (Wildman–Crippen MR) is 118 cm³/mol. The molecule has 0 radical (unpaired) electrons. The van der Waals surface area contributed by atoms with E-state index in [4.69, 9.17) is 4.74 Å². The quantitative estimate of drug-likeness (QED) is 0.692. The molecule has 0 spiro atoms. The molecule has 2 aliphatic rings. The van der Waals surface area contributed by atoms with Crippen LogP contribution in [0, 0.1) is 11.7 Å². The van der Waals surface area contributed by atoms with Crippen molar-refractivity contribution in [3.8, 4) is 5.75 Å². The van der Waals surface area contributed by atoms with Crippen LogP contribution in [-0.4, -0.2) is 47.5 Å². The van der Waals surface area contributed by atoms with Gasteiger partial charge in [0.25, 0.3) is 0 Å². The summed E-state index contributed by atoms with van der Waals surface area (Å²) in [6, 6.07) is 12.4. The van der Waals surface area contributed by atoms with E-state index in [1.807, 2.05) is 6.07 Å². The summed E-state index contributed by atoms with van der Waals surface area (Å²) in [7, 11) is 0. The van der Waals surface area contributed by atoms with Gasteiger partial charge in [-0.2, -0.15) is 0 Å². The van der Waals surface area contributed by atoms with Crippen LogP contribution in [-0.2, 0) is 12.8 Å². The van der Waals surface area contributed by atoms with Gasteiger partial charge in [0.1, 0.15) is 24.3 Å². The number of β-amino-alcohol motifs (C(OH)–C–C–N with tert-alkyl or cyclic N) is 1. The second-order valence-corrected chi connectivity index (χ2v) is 8.38. The highest BCUT2D eigenvalue weighted by Gasteiger charge is 2.27. The van der Waals surface area contributed by atoms with Crippen LogP contribution in [0.25, 0.3) is 0 Å². The van der Waals surface area contributed by atoms with E-state index >= 15 is 0 Å². The summed E-state index contributed by atoms with van der Waals surface area (Å²) >= 11 is 0. The van der Waals surface area contributed by atoms with E-state index in [9.17, 15) is 14.6 Å². The third kappa shape index (κ3) is 5.73. The highest BCUT2D eigenvalue weighted by atomic mass is 35.5. The summed E-state index contributed by atoms with van der Waals surface area (Å²) in [5.74, 6) is 0.717. The number of ether oxygens (including phenoxy) is 1. The molecular weight excluding hydrogens is 405 g/mol. The van der Waals surface area contributed by atoms with Gasteiger partial charge in [-0.3, -0.25) is 0 Å². The maximum absolute atomic E-state index is 13.1. The molecule has 1 aliphatic carbocycles. The number of fused-ring (bicyclic) bond motifs is 1. The summed E-state index contributed by atoms with van der Waals surface area (Å²) in [5, 5.41) is 21.0. The Morgan fingerprint density at radius 1 is 1.00 bits per heavy atom. The zero-order chi connectivity index (χ0) is 20.2. The normalized spacial score (nSPS) is 19.0. The average molecular weight is 436 g/mol. The van der Waals surface area contributed by atoms with E-state index in [-0.39, 0.29) is 30.7 Å². The number of aliphatic hydroxyl groups is 2. The fraction of sp³-hybridized carbons (Fsp3) is 0.500. The molecule has 2 N–H and O–H groups in total. The Morgan fingerprint density at radius 3 is 2.43 bits per heavy atom. The van der Waals surface area contributed by atoms with Crippen molar-refractivity contribution >= 4 is 12.4 Å². The van der Waals surface area contributed by atoms with Crippen LogP contribution in [0.2, 0.25) is 0 Å². The molecule has 2 unspecified atom stereocenters. The third-order valence-corrected chi connectivity index (χ3v) is 6.27. The van der Waals surface area contributed by atoms with Gasteiger partial charge in [0.2, 0.25) is 0 Å². The fourth-order valence-electron chi connectivity index (χ4n) is 4.56. The zero-order valence-electron chi connectivity index (χ0n) is 17.2. The van der Waals surface area contributed by atoms with Crippen molar-refractivity contribution in [2.75, 3.05) is 26.2 Å². The Bertz CT molecular complexity index is 809. The van der Waals surface area contributed by atoms with E-state index in [0.29, 0.717) is 6.54 Å². The Kier molecular flexibility index (Phi) is 8.12. The van der Waals surface area contributed by atoms with Crippen molar-refractivity contribution in [3.63, 3.8) is 0 Å². The SMILES string of the molecule is Cl.OC(COc1ccc2c(c1)CCC2)CN1CCC(C(O)c2ccc(F)cc2)CC1. The number of rotatable bonds is 7. The molecule has 2 atom stereocenters. The van der Waals surface area contributed by atoms with E-state index < -0.39 is 12.2 Å². The second-order valence-electron chi connectivity index (χ2n) is 8.38. The lowest BCUT2D eigenvalue weighted by atomic mass is 9.87. The highest BCUT2D eigenvalue weighted by Crippen LogP contribution is 2.31. The van der Waals surface area contributed by atoms with Crippen molar-refractivity contribution in [2.24, 2.45) is 5.92 Å². The molecule has 4 nitrogen and oxygen atoms in total. The lowest BCUT2D eigenvalue weighted by molar-refractivity contribution is 0.0278. The Labute approximate surface area is 184 Å². The summed E-state index contributed by atoms with van der Waals surface area (Å²) in [6.45, 7) is 2.53. The number of piperidine rings is 1. The van der Waals surface area contributed by atoms with Gasteiger partial charge in [-0.15, -0.1) is 12.4 Å². The minimum atomic E-state index is -0.564. The van der Waals surface area contributed by atoms with Crippen LogP contribution < -0.4 is 4.74 Å². The first-order valence-electron chi connectivity index (χ1n) is 10.7. The second kappa shape index (κ2) is 10.6. The molecular formula is C24H31ClFNO3. The summed E-state index contributed by atoms with van der Waals surface area (Å²) in [6.07, 6.45) is 4.10. The molecule has 4 rings (SSSR count). The number of hydrogen-bond donors (Lipinski definition) is 2. The van der Waals surface area contributed by atoms with Gasteiger partial charge in [0, 0.05) is 6.54 Å². The van der Waals surface area contributed by atoms with Gasteiger partial charge >= 0.3 is 0 Å². The van der Waals surface area contributed by atoms with Crippen molar-refractivity contribution in [1.29, 1.82) is 0 Å². The van der Waals surface area contributed by atoms with Gasteiger partial charge in [-0.1, -0.05) is 18.2 Å². The maximum Gasteiger partial charge on any atom is 0.123 e. The van der Waals surface area contributed by atoms with E-state index in [0.717, 1.165) is 50.1 Å². The lowest BCUT2D eigenvalue weighted by Crippen LogP contribution is -2.41. The molecule has 30 heavy (non-hydrogen) atoms. The molecule has 1 fully saturated rings. The Hall–Kier alpha value is -1.66. The molecule has 2 aromatic carbocycles. The predicted octanol–water partition coefficient (Wildman–Crippen LogP) is 3.92. The van der Waals surface area contributed by atoms with E-state index in [2.05, 4.69) is 17.0 Å². The molecule has 164 valence electrons. The monoisotopic (exact) mass is 435 g/mol. The van der Waals surface area contributed by atoms with Gasteiger partial charge in [-0.05, 0) is 92.1 Å². The number of aryl methyl sites for hydroxylation is 2. The lowest BCUT2D eigenvalue weighted by Gasteiger charge is -2.35. The van der Waals surface area contributed by atoms with Crippen molar-refractivity contribution < 1.29 is 19.3 Å². The van der Waals surface area contributed by atoms with Gasteiger partial charge in [0.05, 0.1) is 6.10 Å². The van der Waals surface area contributed by atoms with Gasteiger partial charge in [0.15, 0.2) is 0 Å². The van der Waals surface area contributed by atoms with E-state index in [1.165, 1.54) is 29.7 Å². The van der Waals surface area contributed by atoms with Crippen LogP contribution in [0.15, 0.2) is 42.5 Å². The molecule has 0 saturated carbocycles. The summed E-state index contributed by atoms with van der Waals surface area (Å²) in [4.78, 5) is 2.23. The van der Waals surface area contributed by atoms with Crippen LogP contribution in [0.1, 0.15) is 42.1 Å². The first kappa shape index (κ1) is 23.0. The van der Waals surface area contributed by atoms with E-state index in [1.54, 1.807) is 12.1 Å². The molecule has 1 aliphatic heterocycles. The molecule has 1 saturated heterocycles. The molecule has 1 heterocycles. The Balaban J connectivity index is 0.00000256. The minimum Gasteiger partial charge on any atom is -0.491 e. The summed E-state index contributed by atoms with van der Waals surface area (Å²) in [5.41, 5.74) is 3.56. The first-order valence-corrected chi connectivity index (χ1v) is 10.7. The highest BCUT2D eigenvalue weighted by molar-refractivity contribution is 5.85. The largest absolute Gasteiger partial charge is 0.491 e. The zero-order valence-corrected chi connectivity index (χ0v) is 18.0. The van der Waals surface area contributed by atoms with Gasteiger partial charge in [-0.25, -0.2) is 4.39 Å². The van der Waals surface area contributed by atoms with Gasteiger partial charge < -0.3 is 19.8 Å². The van der Waals surface area contributed by atoms with Crippen LogP contribution in [0.5, 0.6) is 5.75 Å². The van der Waals surface area contributed by atoms with Crippen LogP contribution in [0.4, 0.5) is 4.39 Å². The van der Waals surface area contributed by atoms with Crippen molar-refractivity contribution in [3.05, 3.63) is 65.0 Å². The smallest absolute Gasteiger partial charge is 0.123 e. The average Bonchev–Trinajstić information content (AvgIpc) is 3.21. The van der Waals surface area contributed by atoms with Crippen molar-refractivity contribution in [2.45, 2.75) is 44.3 Å². The molecule has 2 aromatic rings. The standard InChI is InChI=1S/C24H30FNO3.ClH/c25-21-7-4-18(5-8-21)24(28)19-10-12-26(13-11-19)15-22(27)16-29-23-9-6-17-2-1-3-20(17)14-23;/h4-9,14,19,22,24,27-28H,1-3,10-13,15-16H2;1H. The van der Waals surface area contributed by atoms with Crippen LogP contribution >= 0.6 is 12.4 Å². The number of aliphatic hydroxyl groups excluding tert-OH is 2. The van der Waals surface area contributed by atoms with Crippen LogP contribution in [0.3, 0.4) is 0 Å². The molecule has 6 heteroatoms. The number of halogens is 2. The number of nitrogens with zero attached hydrogens (tertiary/aromatic N) is 1. The molecule has 0 bridgehead atoms. The molecule has 0 aromatic heterocycles. The fourth-order valence-corrected chi connectivity index (χ4v) is 4.56. The summed E-state index contributed by atoms with van der Waals surface area (Å²) < 4.78 is 18.9. The topological polar surface area (TPSA) is 52.9 Å². The number of likely N-dealkylation sites (tertiary alicyclic amines) is 1. The minimum absolute atomic E-state index is 0. The third-order valence-electron chi connectivity index (χ3n) is 6.27.